The van der Waals surface area contributed by atoms with Crippen LogP contribution in [0.15, 0.2) is 18.2 Å². The van der Waals surface area contributed by atoms with Gasteiger partial charge in [-0.15, -0.1) is 0 Å². The van der Waals surface area contributed by atoms with Crippen LogP contribution in [0, 0.1) is 12.7 Å². The van der Waals surface area contributed by atoms with Crippen molar-refractivity contribution in [3.05, 3.63) is 29.6 Å². The largest absolute Gasteiger partial charge is 0.489 e. The van der Waals surface area contributed by atoms with Crippen molar-refractivity contribution in [2.24, 2.45) is 0 Å². The van der Waals surface area contributed by atoms with E-state index in [1.165, 1.54) is 18.9 Å². The first-order valence-electron chi connectivity index (χ1n) is 6.35. The zero-order valence-corrected chi connectivity index (χ0v) is 10.5. The van der Waals surface area contributed by atoms with E-state index in [0.29, 0.717) is 11.6 Å². The van der Waals surface area contributed by atoms with Crippen LogP contribution in [-0.4, -0.2) is 18.7 Å². The molecule has 3 heteroatoms. The molecular formula is C14H20FNO. The third-order valence-corrected chi connectivity index (χ3v) is 3.10. The molecule has 0 amide bonds. The van der Waals surface area contributed by atoms with Crippen LogP contribution in [0.2, 0.25) is 0 Å². The predicted octanol–water partition coefficient (Wildman–Crippen LogP) is 3.04. The lowest BCUT2D eigenvalue weighted by Gasteiger charge is -2.18. The van der Waals surface area contributed by atoms with E-state index in [0.717, 1.165) is 18.7 Å². The number of halogens is 1. The van der Waals surface area contributed by atoms with Gasteiger partial charge in [-0.25, -0.2) is 4.39 Å². The molecule has 0 spiro atoms. The Kier molecular flexibility index (Phi) is 4.00. The fraction of sp³-hybridized carbons (Fsp3) is 0.571. The lowest BCUT2D eigenvalue weighted by atomic mass is 10.2. The number of aryl methyl sites for hydroxylation is 1. The van der Waals surface area contributed by atoms with E-state index in [-0.39, 0.29) is 11.9 Å². The average Bonchev–Trinajstić information content (AvgIpc) is 3.13. The quantitative estimate of drug-likeness (QED) is 0.821. The molecule has 1 N–H and O–H groups in total. The van der Waals surface area contributed by atoms with Crippen molar-refractivity contribution < 1.29 is 9.13 Å². The van der Waals surface area contributed by atoms with E-state index in [1.54, 1.807) is 19.1 Å². The lowest BCUT2D eigenvalue weighted by Crippen LogP contribution is -2.32. The molecule has 1 aromatic carbocycles. The van der Waals surface area contributed by atoms with Gasteiger partial charge in [-0.1, -0.05) is 6.92 Å². The number of ether oxygens (including phenoxy) is 1. The van der Waals surface area contributed by atoms with E-state index in [9.17, 15) is 4.39 Å². The van der Waals surface area contributed by atoms with Crippen molar-refractivity contribution in [3.63, 3.8) is 0 Å². The van der Waals surface area contributed by atoms with Crippen molar-refractivity contribution in [1.29, 1.82) is 0 Å². The van der Waals surface area contributed by atoms with Crippen LogP contribution in [-0.2, 0) is 0 Å². The minimum atomic E-state index is -0.179. The van der Waals surface area contributed by atoms with E-state index in [1.807, 2.05) is 0 Å². The van der Waals surface area contributed by atoms with E-state index >= 15 is 0 Å². The molecule has 0 aromatic heterocycles. The minimum absolute atomic E-state index is 0.167. The van der Waals surface area contributed by atoms with Crippen LogP contribution in [0.4, 0.5) is 4.39 Å². The average molecular weight is 237 g/mol. The molecule has 1 atom stereocenters. The molecule has 0 saturated heterocycles. The second-order valence-electron chi connectivity index (χ2n) is 4.74. The van der Waals surface area contributed by atoms with Crippen molar-refractivity contribution in [3.8, 4) is 5.75 Å². The maximum atomic E-state index is 13.1. The summed E-state index contributed by atoms with van der Waals surface area (Å²) < 4.78 is 19.0. The molecule has 17 heavy (non-hydrogen) atoms. The summed E-state index contributed by atoms with van der Waals surface area (Å²) in [4.78, 5) is 0. The number of benzene rings is 1. The first-order chi connectivity index (χ1) is 8.19. The second-order valence-corrected chi connectivity index (χ2v) is 4.74. The Morgan fingerprint density at radius 1 is 1.47 bits per heavy atom. The van der Waals surface area contributed by atoms with Crippen molar-refractivity contribution >= 4 is 0 Å². The van der Waals surface area contributed by atoms with E-state index in [4.69, 9.17) is 4.74 Å². The molecule has 1 aliphatic rings. The number of hydrogen-bond acceptors (Lipinski definition) is 2. The fourth-order valence-corrected chi connectivity index (χ4v) is 1.74. The van der Waals surface area contributed by atoms with Gasteiger partial charge in [0.1, 0.15) is 17.7 Å². The van der Waals surface area contributed by atoms with E-state index < -0.39 is 0 Å². The summed E-state index contributed by atoms with van der Waals surface area (Å²) in [5, 5.41) is 3.45. The Morgan fingerprint density at radius 2 is 2.24 bits per heavy atom. The zero-order valence-electron chi connectivity index (χ0n) is 10.5. The summed E-state index contributed by atoms with van der Waals surface area (Å²) in [5.74, 6) is 0.579. The highest BCUT2D eigenvalue weighted by atomic mass is 19.1. The van der Waals surface area contributed by atoms with Crippen molar-refractivity contribution in [1.82, 2.24) is 5.32 Å². The molecule has 1 unspecified atom stereocenters. The van der Waals surface area contributed by atoms with Gasteiger partial charge in [0.05, 0.1) is 0 Å². The Morgan fingerprint density at radius 3 is 2.82 bits per heavy atom. The summed E-state index contributed by atoms with van der Waals surface area (Å²) in [7, 11) is 0. The molecule has 1 aliphatic carbocycles. The van der Waals surface area contributed by atoms with E-state index in [2.05, 4.69) is 12.2 Å². The molecule has 94 valence electrons. The molecular weight excluding hydrogens is 217 g/mol. The molecule has 1 fully saturated rings. The van der Waals surface area contributed by atoms with Gasteiger partial charge in [0, 0.05) is 12.6 Å². The summed E-state index contributed by atoms with van der Waals surface area (Å²) >= 11 is 0. The first kappa shape index (κ1) is 12.4. The van der Waals surface area contributed by atoms with Crippen molar-refractivity contribution in [2.75, 3.05) is 6.54 Å². The van der Waals surface area contributed by atoms with Gasteiger partial charge in [-0.3, -0.25) is 0 Å². The molecule has 0 bridgehead atoms. The third-order valence-electron chi connectivity index (χ3n) is 3.10. The second kappa shape index (κ2) is 5.50. The minimum Gasteiger partial charge on any atom is -0.489 e. The molecule has 1 saturated carbocycles. The maximum absolute atomic E-state index is 13.1. The highest BCUT2D eigenvalue weighted by Crippen LogP contribution is 2.20. The van der Waals surface area contributed by atoms with Gasteiger partial charge in [0.2, 0.25) is 0 Å². The summed E-state index contributed by atoms with van der Waals surface area (Å²) in [6.07, 6.45) is 3.69. The molecule has 0 heterocycles. The van der Waals surface area contributed by atoms with Gasteiger partial charge >= 0.3 is 0 Å². The van der Waals surface area contributed by atoms with Gasteiger partial charge < -0.3 is 10.1 Å². The van der Waals surface area contributed by atoms with Crippen molar-refractivity contribution in [2.45, 2.75) is 45.3 Å². The number of nitrogens with one attached hydrogen (secondary N) is 1. The Bertz CT molecular complexity index is 376. The molecule has 0 aliphatic heterocycles. The first-order valence-corrected chi connectivity index (χ1v) is 6.35. The van der Waals surface area contributed by atoms with Gasteiger partial charge in [0.25, 0.3) is 0 Å². The topological polar surface area (TPSA) is 21.3 Å². The maximum Gasteiger partial charge on any atom is 0.126 e. The monoisotopic (exact) mass is 237 g/mol. The Hall–Kier alpha value is -1.09. The lowest BCUT2D eigenvalue weighted by molar-refractivity contribution is 0.192. The summed E-state index contributed by atoms with van der Waals surface area (Å²) in [5.41, 5.74) is 0.632. The van der Waals surface area contributed by atoms with Gasteiger partial charge in [0.15, 0.2) is 0 Å². The summed E-state index contributed by atoms with van der Waals surface area (Å²) in [6, 6.07) is 5.62. The smallest absolute Gasteiger partial charge is 0.126 e. The normalized spacial score (nSPS) is 16.9. The third kappa shape index (κ3) is 3.70. The molecule has 1 aromatic rings. The highest BCUT2D eigenvalue weighted by Gasteiger charge is 2.21. The number of rotatable bonds is 6. The molecule has 2 rings (SSSR count). The number of hydrogen-bond donors (Lipinski definition) is 1. The predicted molar refractivity (Wildman–Crippen MR) is 66.9 cm³/mol. The van der Waals surface area contributed by atoms with Crippen LogP contribution in [0.25, 0.3) is 0 Å². The highest BCUT2D eigenvalue weighted by molar-refractivity contribution is 5.29. The van der Waals surface area contributed by atoms with Crippen LogP contribution >= 0.6 is 0 Å². The van der Waals surface area contributed by atoms with Gasteiger partial charge in [-0.05, 0) is 49.9 Å². The fourth-order valence-electron chi connectivity index (χ4n) is 1.74. The van der Waals surface area contributed by atoms with Crippen LogP contribution in [0.5, 0.6) is 5.75 Å². The standard InChI is InChI=1S/C14H20FNO/c1-3-12(9-16-11-4-5-11)17-13-6-7-14(15)10(2)8-13/h6-8,11-12,16H,3-5,9H2,1-2H3. The SMILES string of the molecule is CCC(CNC1CC1)Oc1ccc(F)c(C)c1. The van der Waals surface area contributed by atoms with Crippen LogP contribution < -0.4 is 10.1 Å². The van der Waals surface area contributed by atoms with Gasteiger partial charge in [-0.2, -0.15) is 0 Å². The molecule has 0 radical (unpaired) electrons. The summed E-state index contributed by atoms with van der Waals surface area (Å²) in [6.45, 7) is 4.73. The Balaban J connectivity index is 1.89. The molecule has 2 nitrogen and oxygen atoms in total. The van der Waals surface area contributed by atoms with Crippen LogP contribution in [0.3, 0.4) is 0 Å². The zero-order chi connectivity index (χ0) is 12.3. The Labute approximate surface area is 102 Å². The van der Waals surface area contributed by atoms with Crippen LogP contribution in [0.1, 0.15) is 31.7 Å².